The third kappa shape index (κ3) is 4.45. The van der Waals surface area contributed by atoms with Crippen molar-refractivity contribution in [2.24, 2.45) is 0 Å². The first kappa shape index (κ1) is 20.4. The Balaban J connectivity index is 2.03. The molecule has 1 atom stereocenters. The van der Waals surface area contributed by atoms with Crippen LogP contribution in [0, 0.1) is 11.3 Å². The summed E-state index contributed by atoms with van der Waals surface area (Å²) in [6, 6.07) is 8.06. The van der Waals surface area contributed by atoms with Crippen LogP contribution < -0.4 is 0 Å². The SMILES string of the molecule is COC(=O)c1ccc(C(=O)O[C@@H](C)C(=O)N(C)C2(C#N)CCCCC2)cc1. The van der Waals surface area contributed by atoms with Crippen LogP contribution in [-0.2, 0) is 14.3 Å². The molecule has 0 aromatic heterocycles. The second kappa shape index (κ2) is 8.67. The third-order valence-corrected chi connectivity index (χ3v) is 5.03. The van der Waals surface area contributed by atoms with E-state index in [1.807, 2.05) is 0 Å². The van der Waals surface area contributed by atoms with Gasteiger partial charge in [0.15, 0.2) is 6.10 Å². The van der Waals surface area contributed by atoms with Crippen LogP contribution in [0.25, 0.3) is 0 Å². The Labute approximate surface area is 158 Å². The Hall–Kier alpha value is -2.88. The minimum Gasteiger partial charge on any atom is -0.465 e. The molecule has 0 aliphatic heterocycles. The standard InChI is InChI=1S/C20H24N2O5/c1-14(17(23)22(2)20(13-21)11-5-4-6-12-20)27-19(25)16-9-7-15(8-10-16)18(24)26-3/h7-10,14H,4-6,11-12H2,1-3H3/t14-/m0/s1. The first-order valence-corrected chi connectivity index (χ1v) is 8.93. The molecule has 1 amide bonds. The van der Waals surface area contributed by atoms with Gasteiger partial charge in [0.2, 0.25) is 0 Å². The zero-order valence-corrected chi connectivity index (χ0v) is 15.9. The number of nitriles is 1. The zero-order chi connectivity index (χ0) is 20.0. The molecule has 7 heteroatoms. The predicted octanol–water partition coefficient (Wildman–Crippen LogP) is 2.70. The number of esters is 2. The van der Waals surface area contributed by atoms with E-state index in [4.69, 9.17) is 4.74 Å². The lowest BCUT2D eigenvalue weighted by atomic mass is 9.81. The molecule has 1 fully saturated rings. The van der Waals surface area contributed by atoms with Crippen molar-refractivity contribution in [1.29, 1.82) is 5.26 Å². The minimum absolute atomic E-state index is 0.220. The Morgan fingerprint density at radius 3 is 2.07 bits per heavy atom. The van der Waals surface area contributed by atoms with E-state index in [0.29, 0.717) is 18.4 Å². The molecule has 0 radical (unpaired) electrons. The summed E-state index contributed by atoms with van der Waals surface area (Å²) in [6.45, 7) is 1.49. The molecule has 7 nitrogen and oxygen atoms in total. The van der Waals surface area contributed by atoms with Crippen LogP contribution in [0.2, 0.25) is 0 Å². The lowest BCUT2D eigenvalue weighted by Gasteiger charge is -2.39. The number of benzene rings is 1. The van der Waals surface area contributed by atoms with Gasteiger partial charge in [-0.25, -0.2) is 9.59 Å². The van der Waals surface area contributed by atoms with Crippen molar-refractivity contribution in [3.8, 4) is 6.07 Å². The van der Waals surface area contributed by atoms with E-state index >= 15 is 0 Å². The van der Waals surface area contributed by atoms with E-state index in [1.165, 1.54) is 43.2 Å². The summed E-state index contributed by atoms with van der Waals surface area (Å²) in [5.41, 5.74) is -0.304. The van der Waals surface area contributed by atoms with Crippen LogP contribution in [0.5, 0.6) is 0 Å². The molecule has 144 valence electrons. The number of likely N-dealkylation sites (N-methyl/N-ethyl adjacent to an activating group) is 1. The van der Waals surface area contributed by atoms with E-state index < -0.39 is 29.5 Å². The second-order valence-corrected chi connectivity index (χ2v) is 6.72. The van der Waals surface area contributed by atoms with Gasteiger partial charge in [0.25, 0.3) is 5.91 Å². The van der Waals surface area contributed by atoms with E-state index in [9.17, 15) is 19.6 Å². The second-order valence-electron chi connectivity index (χ2n) is 6.72. The highest BCUT2D eigenvalue weighted by Crippen LogP contribution is 2.33. The summed E-state index contributed by atoms with van der Waals surface area (Å²) in [4.78, 5) is 37.8. The molecule has 1 aromatic carbocycles. The molecule has 1 aromatic rings. The quantitative estimate of drug-likeness (QED) is 0.737. The summed E-state index contributed by atoms with van der Waals surface area (Å²) in [5.74, 6) is -1.58. The maximum atomic E-state index is 12.7. The van der Waals surface area contributed by atoms with Crippen LogP contribution >= 0.6 is 0 Å². The minimum atomic E-state index is -1.02. The maximum Gasteiger partial charge on any atom is 0.338 e. The fourth-order valence-corrected chi connectivity index (χ4v) is 3.28. The fraction of sp³-hybridized carbons (Fsp3) is 0.500. The monoisotopic (exact) mass is 372 g/mol. The first-order chi connectivity index (χ1) is 12.8. The number of hydrogen-bond acceptors (Lipinski definition) is 6. The van der Waals surface area contributed by atoms with Crippen molar-refractivity contribution in [3.05, 3.63) is 35.4 Å². The van der Waals surface area contributed by atoms with Crippen LogP contribution in [0.15, 0.2) is 24.3 Å². The number of methoxy groups -OCH3 is 1. The van der Waals surface area contributed by atoms with Crippen LogP contribution in [0.1, 0.15) is 59.7 Å². The number of carbonyl (C=O) groups excluding carboxylic acids is 3. The van der Waals surface area contributed by atoms with Crippen molar-refractivity contribution < 1.29 is 23.9 Å². The Morgan fingerprint density at radius 1 is 1.07 bits per heavy atom. The summed E-state index contributed by atoms with van der Waals surface area (Å²) in [5, 5.41) is 9.60. The lowest BCUT2D eigenvalue weighted by Crippen LogP contribution is -2.53. The van der Waals surface area contributed by atoms with Crippen molar-refractivity contribution >= 4 is 17.8 Å². The third-order valence-electron chi connectivity index (χ3n) is 5.03. The van der Waals surface area contributed by atoms with Gasteiger partial charge in [-0.3, -0.25) is 4.79 Å². The number of nitrogens with zero attached hydrogens (tertiary/aromatic N) is 2. The molecule has 1 aliphatic rings. The smallest absolute Gasteiger partial charge is 0.338 e. The number of rotatable bonds is 5. The van der Waals surface area contributed by atoms with Gasteiger partial charge >= 0.3 is 11.9 Å². The van der Waals surface area contributed by atoms with Gasteiger partial charge in [0.05, 0.1) is 24.3 Å². The first-order valence-electron chi connectivity index (χ1n) is 8.93. The van der Waals surface area contributed by atoms with Crippen LogP contribution in [0.3, 0.4) is 0 Å². The highest BCUT2D eigenvalue weighted by molar-refractivity contribution is 5.94. The lowest BCUT2D eigenvalue weighted by molar-refractivity contribution is -0.143. The summed E-state index contributed by atoms with van der Waals surface area (Å²) < 4.78 is 9.88. The van der Waals surface area contributed by atoms with E-state index in [0.717, 1.165) is 19.3 Å². The number of carbonyl (C=O) groups is 3. The van der Waals surface area contributed by atoms with Gasteiger partial charge in [0, 0.05) is 7.05 Å². The largest absolute Gasteiger partial charge is 0.465 e. The highest BCUT2D eigenvalue weighted by Gasteiger charge is 2.40. The van der Waals surface area contributed by atoms with Gasteiger partial charge < -0.3 is 14.4 Å². The molecule has 0 spiro atoms. The van der Waals surface area contributed by atoms with Crippen molar-refractivity contribution in [3.63, 3.8) is 0 Å². The fourth-order valence-electron chi connectivity index (χ4n) is 3.28. The van der Waals surface area contributed by atoms with Gasteiger partial charge in [-0.05, 0) is 44.0 Å². The maximum absolute atomic E-state index is 12.7. The van der Waals surface area contributed by atoms with Crippen LogP contribution in [0.4, 0.5) is 0 Å². The molecule has 2 rings (SSSR count). The molecule has 0 saturated heterocycles. The predicted molar refractivity (Wildman–Crippen MR) is 96.9 cm³/mol. The molecular weight excluding hydrogens is 348 g/mol. The molecule has 27 heavy (non-hydrogen) atoms. The number of amides is 1. The number of ether oxygens (including phenoxy) is 2. The van der Waals surface area contributed by atoms with Crippen molar-refractivity contribution in [1.82, 2.24) is 4.90 Å². The molecule has 0 N–H and O–H groups in total. The summed E-state index contributed by atoms with van der Waals surface area (Å²) >= 11 is 0. The topological polar surface area (TPSA) is 96.7 Å². The van der Waals surface area contributed by atoms with E-state index in [-0.39, 0.29) is 5.56 Å². The van der Waals surface area contributed by atoms with E-state index in [1.54, 1.807) is 7.05 Å². The highest BCUT2D eigenvalue weighted by atomic mass is 16.5. The molecular formula is C20H24N2O5. The number of hydrogen-bond donors (Lipinski definition) is 0. The molecule has 0 bridgehead atoms. The van der Waals surface area contributed by atoms with E-state index in [2.05, 4.69) is 10.8 Å². The normalized spacial score (nSPS) is 16.5. The molecule has 1 saturated carbocycles. The zero-order valence-electron chi connectivity index (χ0n) is 15.9. The average molecular weight is 372 g/mol. The van der Waals surface area contributed by atoms with Crippen LogP contribution in [-0.4, -0.2) is 48.5 Å². The van der Waals surface area contributed by atoms with Gasteiger partial charge in [-0.15, -0.1) is 0 Å². The van der Waals surface area contributed by atoms with Crippen molar-refractivity contribution in [2.75, 3.05) is 14.2 Å². The van der Waals surface area contributed by atoms with Crippen molar-refractivity contribution in [2.45, 2.75) is 50.7 Å². The van der Waals surface area contributed by atoms with Gasteiger partial charge in [0.1, 0.15) is 5.54 Å². The summed E-state index contributed by atoms with van der Waals surface area (Å²) in [7, 11) is 2.86. The molecule has 1 aliphatic carbocycles. The molecule has 0 heterocycles. The molecule has 0 unspecified atom stereocenters. The Morgan fingerprint density at radius 2 is 1.59 bits per heavy atom. The Bertz CT molecular complexity index is 745. The van der Waals surface area contributed by atoms with Gasteiger partial charge in [-0.1, -0.05) is 19.3 Å². The Kier molecular flexibility index (Phi) is 6.56. The average Bonchev–Trinajstić information content (AvgIpc) is 2.72. The van der Waals surface area contributed by atoms with Gasteiger partial charge in [-0.2, -0.15) is 5.26 Å². The summed E-state index contributed by atoms with van der Waals surface area (Å²) in [6.07, 6.45) is 3.08.